The lowest BCUT2D eigenvalue weighted by atomic mass is 10.2. The number of hydrogen-bond donors (Lipinski definition) is 0. The molecule has 112 valence electrons. The van der Waals surface area contributed by atoms with Crippen molar-refractivity contribution >= 4 is 19.7 Å². The Balaban J connectivity index is 2.24. The predicted molar refractivity (Wildman–Crippen MR) is 79.3 cm³/mol. The molecule has 0 unspecified atom stereocenters. The molecule has 7 heteroatoms. The summed E-state index contributed by atoms with van der Waals surface area (Å²) in [6.07, 6.45) is 0. The van der Waals surface area contributed by atoms with Crippen molar-refractivity contribution in [2.75, 3.05) is 7.11 Å². The molecule has 0 aliphatic heterocycles. The summed E-state index contributed by atoms with van der Waals surface area (Å²) in [5.41, 5.74) is 1.40. The number of nitrogens with zero attached hydrogens (tertiary/aromatic N) is 1. The Hall–Kier alpha value is -1.79. The molecule has 0 spiro atoms. The summed E-state index contributed by atoms with van der Waals surface area (Å²) >= 11 is 0. The molecule has 1 aromatic heterocycles. The maximum atomic E-state index is 11.6. The Kier molecular flexibility index (Phi) is 4.69. The van der Waals surface area contributed by atoms with Gasteiger partial charge in [-0.1, -0.05) is 12.1 Å². The van der Waals surface area contributed by atoms with Gasteiger partial charge in [-0.15, -0.1) is 0 Å². The summed E-state index contributed by atoms with van der Waals surface area (Å²) in [4.78, 5) is 4.14. The van der Waals surface area contributed by atoms with Gasteiger partial charge in [-0.2, -0.15) is 0 Å². The molecule has 0 saturated carbocycles. The first-order valence-electron chi connectivity index (χ1n) is 6.08. The quantitative estimate of drug-likeness (QED) is 0.790. The van der Waals surface area contributed by atoms with Crippen molar-refractivity contribution in [3.8, 4) is 11.6 Å². The Morgan fingerprint density at radius 3 is 2.67 bits per heavy atom. The first-order valence-corrected chi connectivity index (χ1v) is 8.39. The number of rotatable bonds is 5. The van der Waals surface area contributed by atoms with Gasteiger partial charge in [-0.25, -0.2) is 13.4 Å². The zero-order valence-corrected chi connectivity index (χ0v) is 13.1. The second-order valence-electron chi connectivity index (χ2n) is 4.35. The van der Waals surface area contributed by atoms with Crippen LogP contribution in [0.25, 0.3) is 0 Å². The third kappa shape index (κ3) is 4.09. The molecule has 2 aromatic rings. The van der Waals surface area contributed by atoms with Crippen LogP contribution < -0.4 is 9.47 Å². The van der Waals surface area contributed by atoms with Crippen LogP contribution in [0.4, 0.5) is 0 Å². The first kappa shape index (κ1) is 15.6. The number of methoxy groups -OCH3 is 1. The average molecular weight is 328 g/mol. The largest absolute Gasteiger partial charge is 0.486 e. The van der Waals surface area contributed by atoms with Crippen LogP contribution in [0.5, 0.6) is 11.6 Å². The second kappa shape index (κ2) is 6.32. The normalized spacial score (nSPS) is 11.2. The van der Waals surface area contributed by atoms with Crippen LogP contribution in [0.2, 0.25) is 0 Å². The number of benzene rings is 1. The standard InChI is InChI=1S/C14H14ClNO4S/c1-10-6-7-12(13(8-10)21(15,17)18)20-9-11-4-3-5-14(16-11)19-2/h3-8H,9H2,1-2H3. The summed E-state index contributed by atoms with van der Waals surface area (Å²) in [6, 6.07) is 10.0. The summed E-state index contributed by atoms with van der Waals surface area (Å²) in [6.45, 7) is 1.89. The van der Waals surface area contributed by atoms with Crippen LogP contribution in [0.3, 0.4) is 0 Å². The monoisotopic (exact) mass is 327 g/mol. The van der Waals surface area contributed by atoms with E-state index in [1.54, 1.807) is 37.3 Å². The molecule has 0 aliphatic carbocycles. The minimum atomic E-state index is -3.87. The smallest absolute Gasteiger partial charge is 0.264 e. The van der Waals surface area contributed by atoms with Crippen LogP contribution >= 0.6 is 10.7 Å². The maximum Gasteiger partial charge on any atom is 0.264 e. The van der Waals surface area contributed by atoms with Crippen LogP contribution in [0, 0.1) is 6.92 Å². The minimum absolute atomic E-state index is 0.0490. The molecule has 21 heavy (non-hydrogen) atoms. The Morgan fingerprint density at radius 1 is 1.24 bits per heavy atom. The highest BCUT2D eigenvalue weighted by Gasteiger charge is 2.17. The van der Waals surface area contributed by atoms with Crippen LogP contribution in [0.1, 0.15) is 11.3 Å². The fourth-order valence-corrected chi connectivity index (χ4v) is 2.78. The van der Waals surface area contributed by atoms with E-state index in [2.05, 4.69) is 4.98 Å². The molecule has 0 amide bonds. The van der Waals surface area contributed by atoms with Crippen molar-refractivity contribution in [3.05, 3.63) is 47.7 Å². The lowest BCUT2D eigenvalue weighted by Gasteiger charge is -2.10. The van der Waals surface area contributed by atoms with E-state index in [1.807, 2.05) is 0 Å². The SMILES string of the molecule is COc1cccc(COc2ccc(C)cc2S(=O)(=O)Cl)n1. The molecule has 2 rings (SSSR count). The van der Waals surface area contributed by atoms with Gasteiger partial charge in [0, 0.05) is 16.7 Å². The minimum Gasteiger partial charge on any atom is -0.486 e. The number of aryl methyl sites for hydroxylation is 1. The molecule has 0 aliphatic rings. The molecule has 0 N–H and O–H groups in total. The van der Waals surface area contributed by atoms with Crippen molar-refractivity contribution in [2.45, 2.75) is 18.4 Å². The first-order chi connectivity index (χ1) is 9.90. The molecule has 0 atom stereocenters. The molecule has 1 heterocycles. The highest BCUT2D eigenvalue weighted by Crippen LogP contribution is 2.28. The number of pyridine rings is 1. The van der Waals surface area contributed by atoms with Crippen molar-refractivity contribution in [1.82, 2.24) is 4.98 Å². The summed E-state index contributed by atoms with van der Waals surface area (Å²) in [5.74, 6) is 0.658. The topological polar surface area (TPSA) is 65.5 Å². The van der Waals surface area contributed by atoms with Crippen LogP contribution in [-0.2, 0) is 15.7 Å². The zero-order chi connectivity index (χ0) is 15.5. The number of halogens is 1. The molecule has 0 radical (unpaired) electrons. The highest BCUT2D eigenvalue weighted by atomic mass is 35.7. The van der Waals surface area contributed by atoms with Gasteiger partial charge in [-0.3, -0.25) is 0 Å². The van der Waals surface area contributed by atoms with Gasteiger partial charge in [0.2, 0.25) is 5.88 Å². The van der Waals surface area contributed by atoms with E-state index in [9.17, 15) is 8.42 Å². The summed E-state index contributed by atoms with van der Waals surface area (Å²) in [7, 11) is 3.07. The number of aromatic nitrogens is 1. The van der Waals surface area contributed by atoms with Gasteiger partial charge in [0.1, 0.15) is 17.3 Å². The third-order valence-electron chi connectivity index (χ3n) is 2.73. The van der Waals surface area contributed by atoms with E-state index < -0.39 is 9.05 Å². The van der Waals surface area contributed by atoms with Gasteiger partial charge in [0.05, 0.1) is 12.8 Å². The number of hydrogen-bond acceptors (Lipinski definition) is 5. The van der Waals surface area contributed by atoms with Crippen LogP contribution in [-0.4, -0.2) is 20.5 Å². The summed E-state index contributed by atoms with van der Waals surface area (Å²) < 4.78 is 33.7. The Bertz CT molecular complexity index is 746. The zero-order valence-electron chi connectivity index (χ0n) is 11.5. The molecule has 0 saturated heterocycles. The van der Waals surface area contributed by atoms with Crippen molar-refractivity contribution in [2.24, 2.45) is 0 Å². The molecule has 0 fully saturated rings. The van der Waals surface area contributed by atoms with Gasteiger partial charge >= 0.3 is 0 Å². The van der Waals surface area contributed by atoms with Crippen molar-refractivity contribution in [3.63, 3.8) is 0 Å². The number of ether oxygens (including phenoxy) is 2. The van der Waals surface area contributed by atoms with Gasteiger partial charge < -0.3 is 9.47 Å². The molecule has 1 aromatic carbocycles. The van der Waals surface area contributed by atoms with Crippen molar-refractivity contribution in [1.29, 1.82) is 0 Å². The molecule has 5 nitrogen and oxygen atoms in total. The van der Waals surface area contributed by atoms with E-state index in [0.717, 1.165) is 5.56 Å². The average Bonchev–Trinajstić information content (AvgIpc) is 2.45. The Morgan fingerprint density at radius 2 is 2.00 bits per heavy atom. The third-order valence-corrected chi connectivity index (χ3v) is 4.07. The fraction of sp³-hybridized carbons (Fsp3) is 0.214. The van der Waals surface area contributed by atoms with E-state index in [0.29, 0.717) is 11.6 Å². The second-order valence-corrected chi connectivity index (χ2v) is 6.88. The van der Waals surface area contributed by atoms with E-state index in [4.69, 9.17) is 20.2 Å². The predicted octanol–water partition coefficient (Wildman–Crippen LogP) is 2.91. The molecular weight excluding hydrogens is 314 g/mol. The molecule has 0 bridgehead atoms. The maximum absolute atomic E-state index is 11.6. The van der Waals surface area contributed by atoms with Crippen molar-refractivity contribution < 1.29 is 17.9 Å². The highest BCUT2D eigenvalue weighted by molar-refractivity contribution is 8.13. The fourth-order valence-electron chi connectivity index (χ4n) is 1.73. The molecular formula is C14H14ClNO4S. The lowest BCUT2D eigenvalue weighted by Crippen LogP contribution is -2.03. The van der Waals surface area contributed by atoms with E-state index in [-0.39, 0.29) is 17.3 Å². The van der Waals surface area contributed by atoms with Gasteiger partial charge in [-0.05, 0) is 30.7 Å². The van der Waals surface area contributed by atoms with E-state index in [1.165, 1.54) is 13.2 Å². The Labute approximate surface area is 127 Å². The summed E-state index contributed by atoms with van der Waals surface area (Å²) in [5, 5.41) is 0. The van der Waals surface area contributed by atoms with E-state index >= 15 is 0 Å². The van der Waals surface area contributed by atoms with Crippen LogP contribution in [0.15, 0.2) is 41.3 Å². The lowest BCUT2D eigenvalue weighted by molar-refractivity contribution is 0.290. The van der Waals surface area contributed by atoms with Gasteiger partial charge in [0.25, 0.3) is 9.05 Å². The van der Waals surface area contributed by atoms with Gasteiger partial charge in [0.15, 0.2) is 0 Å².